The highest BCUT2D eigenvalue weighted by molar-refractivity contribution is 7.86. The molecule has 0 radical (unpaired) electrons. The van der Waals surface area contributed by atoms with Crippen LogP contribution in [0.15, 0.2) is 71.6 Å². The van der Waals surface area contributed by atoms with Crippen LogP contribution in [0.3, 0.4) is 0 Å². The molecule has 0 saturated heterocycles. The van der Waals surface area contributed by atoms with Crippen molar-refractivity contribution in [1.29, 1.82) is 10.5 Å². The number of carbonyl (C=O) groups excluding carboxylic acids is 2. The molecule has 0 spiro atoms. The Morgan fingerprint density at radius 3 is 1.91 bits per heavy atom. The third kappa shape index (κ3) is 8.28. The molecule has 0 unspecified atom stereocenters. The SMILES string of the molecule is [C-]#[N+]C(C#N)=c1cc(OCCOC(=O)c2ccccc2)c(=C(C#N)[N+]#[C-])cc1OCCCC(=O)c1ccccc1S(=O)(=O)O. The molecule has 0 aliphatic carbocycles. The third-order valence-corrected chi connectivity index (χ3v) is 6.79. The minimum atomic E-state index is -4.62. The van der Waals surface area contributed by atoms with Crippen molar-refractivity contribution >= 4 is 33.3 Å². The topological polar surface area (TPSA) is 172 Å². The van der Waals surface area contributed by atoms with Crippen LogP contribution in [0.2, 0.25) is 0 Å². The van der Waals surface area contributed by atoms with Crippen LogP contribution in [0.25, 0.3) is 21.1 Å². The monoisotopic (exact) mass is 610 g/mol. The average Bonchev–Trinajstić information content (AvgIpc) is 3.03. The molecule has 44 heavy (non-hydrogen) atoms. The molecular weight excluding hydrogens is 588 g/mol. The Bertz CT molecular complexity index is 1950. The van der Waals surface area contributed by atoms with Crippen molar-refractivity contribution < 1.29 is 36.8 Å². The number of nitrogens with zero attached hydrogens (tertiary/aromatic N) is 4. The number of Topliss-reactive ketones (excluding diaryl/α,β-unsaturated/α-hetero) is 1. The van der Waals surface area contributed by atoms with Gasteiger partial charge in [0, 0.05) is 22.4 Å². The summed E-state index contributed by atoms with van der Waals surface area (Å²) in [5.74, 6) is -1.24. The summed E-state index contributed by atoms with van der Waals surface area (Å²) in [6, 6.07) is 19.5. The largest absolute Gasteiger partial charge is 0.494 e. The van der Waals surface area contributed by atoms with Crippen molar-refractivity contribution in [2.24, 2.45) is 0 Å². The van der Waals surface area contributed by atoms with Gasteiger partial charge < -0.3 is 14.2 Å². The standard InChI is InChI=1S/C31H22N4O8S/c1-34-25(19-32)23-18-29(42-15-16-43-31(37)21-9-4-3-5-10-21)24(26(20-33)35-2)17-28(23)41-14-8-12-27(36)22-11-6-7-13-30(22)44(38,39)40/h3-7,9-11,13,17-18H,8,12,14-16H2,(H,38,39,40). The highest BCUT2D eigenvalue weighted by Crippen LogP contribution is 2.18. The zero-order chi connectivity index (χ0) is 32.1. The molecule has 3 rings (SSSR count). The molecule has 0 fully saturated rings. The lowest BCUT2D eigenvalue weighted by Gasteiger charge is -2.13. The summed E-state index contributed by atoms with van der Waals surface area (Å²) < 4.78 is 49.3. The van der Waals surface area contributed by atoms with Crippen LogP contribution in [0.5, 0.6) is 11.5 Å². The molecule has 0 saturated carbocycles. The first-order valence-electron chi connectivity index (χ1n) is 12.7. The summed E-state index contributed by atoms with van der Waals surface area (Å²) in [4.78, 5) is 30.7. The van der Waals surface area contributed by atoms with E-state index >= 15 is 0 Å². The average molecular weight is 611 g/mol. The molecule has 0 aliphatic heterocycles. The molecule has 3 aromatic carbocycles. The second kappa shape index (κ2) is 15.3. The first-order valence-corrected chi connectivity index (χ1v) is 14.1. The van der Waals surface area contributed by atoms with Gasteiger partial charge in [0.2, 0.25) is 0 Å². The van der Waals surface area contributed by atoms with E-state index in [9.17, 15) is 33.1 Å². The van der Waals surface area contributed by atoms with Crippen LogP contribution in [0.1, 0.15) is 33.6 Å². The molecule has 0 aromatic heterocycles. The van der Waals surface area contributed by atoms with Gasteiger partial charge in [-0.3, -0.25) is 9.35 Å². The fourth-order valence-corrected chi connectivity index (χ4v) is 4.59. The Morgan fingerprint density at radius 1 is 0.818 bits per heavy atom. The zero-order valence-corrected chi connectivity index (χ0v) is 23.7. The van der Waals surface area contributed by atoms with Crippen LogP contribution in [0.4, 0.5) is 0 Å². The maximum absolute atomic E-state index is 12.7. The van der Waals surface area contributed by atoms with Gasteiger partial charge >= 0.3 is 5.97 Å². The van der Waals surface area contributed by atoms with Gasteiger partial charge in [-0.2, -0.15) is 8.42 Å². The number of ketones is 1. The number of esters is 1. The maximum Gasteiger partial charge on any atom is 0.338 e. The molecule has 0 heterocycles. The van der Waals surface area contributed by atoms with E-state index in [2.05, 4.69) is 9.69 Å². The first kappa shape index (κ1) is 32.5. The highest BCUT2D eigenvalue weighted by atomic mass is 32.2. The van der Waals surface area contributed by atoms with Gasteiger partial charge in [0.05, 0.1) is 37.5 Å². The van der Waals surface area contributed by atoms with E-state index in [-0.39, 0.29) is 71.6 Å². The second-order valence-corrected chi connectivity index (χ2v) is 10.1. The third-order valence-electron chi connectivity index (χ3n) is 5.88. The molecule has 13 heteroatoms. The van der Waals surface area contributed by atoms with Gasteiger partial charge in [0.1, 0.15) is 29.6 Å². The number of carbonyl (C=O) groups is 2. The predicted molar refractivity (Wildman–Crippen MR) is 154 cm³/mol. The molecule has 0 amide bonds. The van der Waals surface area contributed by atoms with E-state index in [0.717, 1.165) is 6.07 Å². The van der Waals surface area contributed by atoms with Gasteiger partial charge in [0.25, 0.3) is 21.5 Å². The van der Waals surface area contributed by atoms with Crippen molar-refractivity contribution in [2.45, 2.75) is 17.7 Å². The lowest BCUT2D eigenvalue weighted by atomic mass is 10.1. The summed E-state index contributed by atoms with van der Waals surface area (Å²) in [7, 11) is -4.62. The van der Waals surface area contributed by atoms with E-state index in [1.807, 2.05) is 0 Å². The Morgan fingerprint density at radius 2 is 1.36 bits per heavy atom. The zero-order valence-electron chi connectivity index (χ0n) is 22.9. The Labute approximate surface area is 252 Å². The highest BCUT2D eigenvalue weighted by Gasteiger charge is 2.19. The van der Waals surface area contributed by atoms with E-state index < -0.39 is 26.8 Å². The molecule has 220 valence electrons. The number of nitriles is 2. The molecule has 12 nitrogen and oxygen atoms in total. The predicted octanol–water partition coefficient (Wildman–Crippen LogP) is 3.31. The van der Waals surface area contributed by atoms with E-state index in [1.165, 1.54) is 30.3 Å². The van der Waals surface area contributed by atoms with Crippen LogP contribution in [-0.2, 0) is 14.9 Å². The molecule has 0 atom stereocenters. The van der Waals surface area contributed by atoms with Crippen molar-refractivity contribution in [2.75, 3.05) is 19.8 Å². The van der Waals surface area contributed by atoms with Crippen molar-refractivity contribution in [3.8, 4) is 23.6 Å². The van der Waals surface area contributed by atoms with Crippen LogP contribution >= 0.6 is 0 Å². The fraction of sp³-hybridized carbons (Fsp3) is 0.161. The maximum atomic E-state index is 12.7. The van der Waals surface area contributed by atoms with Crippen LogP contribution < -0.4 is 19.9 Å². The van der Waals surface area contributed by atoms with Gasteiger partial charge in [0.15, 0.2) is 5.78 Å². The van der Waals surface area contributed by atoms with Crippen LogP contribution in [0, 0.1) is 35.8 Å². The summed E-state index contributed by atoms with van der Waals surface area (Å²) in [6.07, 6.45) is -0.108. The van der Waals surface area contributed by atoms with E-state index in [4.69, 9.17) is 27.4 Å². The first-order chi connectivity index (χ1) is 21.1. The van der Waals surface area contributed by atoms with Gasteiger partial charge in [-0.15, -0.1) is 0 Å². The minimum Gasteiger partial charge on any atom is -0.494 e. The molecule has 0 aliphatic rings. The Hall–Kier alpha value is -5.99. The molecule has 1 N–H and O–H groups in total. The van der Waals surface area contributed by atoms with E-state index in [1.54, 1.807) is 42.5 Å². The minimum absolute atomic E-state index is 0.00365. The van der Waals surface area contributed by atoms with Crippen molar-refractivity contribution in [1.82, 2.24) is 0 Å². The van der Waals surface area contributed by atoms with Gasteiger partial charge in [-0.25, -0.2) is 25.0 Å². The van der Waals surface area contributed by atoms with Crippen LogP contribution in [-0.4, -0.2) is 44.5 Å². The van der Waals surface area contributed by atoms with Crippen molar-refractivity contribution in [3.05, 3.63) is 111 Å². The summed E-state index contributed by atoms with van der Waals surface area (Å²) in [5.41, 5.74) is -0.616. The quantitative estimate of drug-likeness (QED) is 0.105. The number of benzene rings is 3. The summed E-state index contributed by atoms with van der Waals surface area (Å²) in [5, 5.41) is 19.1. The lowest BCUT2D eigenvalue weighted by molar-refractivity contribution is 0.0449. The fourth-order valence-electron chi connectivity index (χ4n) is 3.87. The number of ether oxygens (including phenoxy) is 3. The Kier molecular flexibility index (Phi) is 11.3. The van der Waals surface area contributed by atoms with E-state index in [0.29, 0.717) is 5.56 Å². The summed E-state index contributed by atoms with van der Waals surface area (Å²) in [6.45, 7) is 14.3. The molecule has 0 bridgehead atoms. The number of hydrogen-bond acceptors (Lipinski definition) is 9. The number of rotatable bonds is 12. The van der Waals surface area contributed by atoms with Gasteiger partial charge in [-0.05, 0) is 36.8 Å². The Balaban J connectivity index is 1.84. The lowest BCUT2D eigenvalue weighted by Crippen LogP contribution is -2.22. The number of hydrogen-bond donors (Lipinski definition) is 1. The molecule has 3 aromatic rings. The smallest absolute Gasteiger partial charge is 0.338 e. The summed E-state index contributed by atoms with van der Waals surface area (Å²) >= 11 is 0. The molecular formula is C31H22N4O8S. The van der Waals surface area contributed by atoms with Crippen molar-refractivity contribution in [3.63, 3.8) is 0 Å². The second-order valence-electron chi connectivity index (χ2n) is 8.69. The van der Waals surface area contributed by atoms with Gasteiger partial charge in [-0.1, -0.05) is 36.4 Å². The normalized spacial score (nSPS) is 11.8.